The van der Waals surface area contributed by atoms with Crippen molar-refractivity contribution < 1.29 is 9.13 Å². The van der Waals surface area contributed by atoms with Crippen molar-refractivity contribution in [1.29, 1.82) is 0 Å². The Labute approximate surface area is 119 Å². The molecule has 0 saturated carbocycles. The van der Waals surface area contributed by atoms with Gasteiger partial charge >= 0.3 is 0 Å². The van der Waals surface area contributed by atoms with Crippen LogP contribution in [0.5, 0.6) is 5.75 Å². The molecule has 0 amide bonds. The van der Waals surface area contributed by atoms with Crippen molar-refractivity contribution >= 4 is 0 Å². The third-order valence-corrected chi connectivity index (χ3v) is 3.37. The molecular formula is C17H20FNO. The van der Waals surface area contributed by atoms with E-state index in [0.29, 0.717) is 6.61 Å². The summed E-state index contributed by atoms with van der Waals surface area (Å²) >= 11 is 0. The molecule has 20 heavy (non-hydrogen) atoms. The first-order valence-electron chi connectivity index (χ1n) is 6.71. The molecule has 0 radical (unpaired) electrons. The van der Waals surface area contributed by atoms with Crippen molar-refractivity contribution in [1.82, 2.24) is 0 Å². The van der Waals surface area contributed by atoms with E-state index >= 15 is 0 Å². The second-order valence-electron chi connectivity index (χ2n) is 5.20. The lowest BCUT2D eigenvalue weighted by Crippen LogP contribution is -2.06. The second kappa shape index (κ2) is 6.06. The van der Waals surface area contributed by atoms with Gasteiger partial charge in [-0.25, -0.2) is 4.39 Å². The molecule has 3 heteroatoms. The lowest BCUT2D eigenvalue weighted by molar-refractivity contribution is 0.289. The highest BCUT2D eigenvalue weighted by atomic mass is 19.1. The minimum atomic E-state index is -0.370. The van der Waals surface area contributed by atoms with Crippen molar-refractivity contribution in [2.75, 3.05) is 0 Å². The van der Waals surface area contributed by atoms with Gasteiger partial charge in [0.2, 0.25) is 0 Å². The van der Waals surface area contributed by atoms with Crippen LogP contribution in [0.4, 0.5) is 4.39 Å². The molecule has 1 atom stereocenters. The van der Waals surface area contributed by atoms with Crippen molar-refractivity contribution in [3.05, 3.63) is 64.5 Å². The Morgan fingerprint density at radius 2 is 1.90 bits per heavy atom. The predicted octanol–water partition coefficient (Wildman–Crippen LogP) is 4.04. The first-order valence-corrected chi connectivity index (χ1v) is 6.71. The molecule has 0 aliphatic carbocycles. The summed E-state index contributed by atoms with van der Waals surface area (Å²) in [7, 11) is 0. The van der Waals surface area contributed by atoms with E-state index in [4.69, 9.17) is 10.5 Å². The summed E-state index contributed by atoms with van der Waals surface area (Å²) in [5.41, 5.74) is 9.87. The molecule has 2 rings (SSSR count). The predicted molar refractivity (Wildman–Crippen MR) is 79.3 cm³/mol. The zero-order valence-corrected chi connectivity index (χ0v) is 12.1. The van der Waals surface area contributed by atoms with Gasteiger partial charge in [-0.2, -0.15) is 0 Å². The van der Waals surface area contributed by atoms with Crippen LogP contribution < -0.4 is 10.5 Å². The van der Waals surface area contributed by atoms with E-state index in [9.17, 15) is 4.39 Å². The average Bonchev–Trinajstić information content (AvgIpc) is 2.40. The number of nitrogens with two attached hydrogens (primary N) is 1. The van der Waals surface area contributed by atoms with E-state index < -0.39 is 0 Å². The Morgan fingerprint density at radius 1 is 1.15 bits per heavy atom. The molecule has 2 aromatic carbocycles. The van der Waals surface area contributed by atoms with Gasteiger partial charge in [0.15, 0.2) is 11.6 Å². The molecule has 2 nitrogen and oxygen atoms in total. The van der Waals surface area contributed by atoms with Crippen molar-refractivity contribution in [2.45, 2.75) is 33.4 Å². The van der Waals surface area contributed by atoms with Gasteiger partial charge in [-0.3, -0.25) is 0 Å². The van der Waals surface area contributed by atoms with Crippen LogP contribution in [0.25, 0.3) is 0 Å². The molecule has 0 fully saturated rings. The Hall–Kier alpha value is -1.87. The van der Waals surface area contributed by atoms with Crippen molar-refractivity contribution in [3.8, 4) is 5.75 Å². The smallest absolute Gasteiger partial charge is 0.165 e. The number of ether oxygens (including phenoxy) is 1. The first-order chi connectivity index (χ1) is 9.47. The molecule has 1 unspecified atom stereocenters. The fraction of sp³-hybridized carbons (Fsp3) is 0.294. The summed E-state index contributed by atoms with van der Waals surface area (Å²) in [6, 6.07) is 10.8. The van der Waals surface area contributed by atoms with Crippen LogP contribution in [0, 0.1) is 19.7 Å². The maximum absolute atomic E-state index is 13.9. The van der Waals surface area contributed by atoms with Gasteiger partial charge < -0.3 is 10.5 Å². The molecule has 0 aromatic heterocycles. The summed E-state index contributed by atoms with van der Waals surface area (Å²) in [5.74, 6) is -0.111. The van der Waals surface area contributed by atoms with E-state index in [1.807, 2.05) is 26.8 Å². The van der Waals surface area contributed by atoms with Crippen LogP contribution in [0.2, 0.25) is 0 Å². The Bertz CT molecular complexity index is 608. The van der Waals surface area contributed by atoms with Crippen LogP contribution in [0.3, 0.4) is 0 Å². The number of aryl methyl sites for hydroxylation is 2. The summed E-state index contributed by atoms with van der Waals surface area (Å²) in [4.78, 5) is 0. The van der Waals surface area contributed by atoms with E-state index in [2.05, 4.69) is 12.1 Å². The summed E-state index contributed by atoms with van der Waals surface area (Å²) in [6.07, 6.45) is 0. The standard InChI is InChI=1S/C17H20FNO/c1-11-4-5-12(2)15(8-11)10-20-17-7-6-14(13(3)19)9-16(17)18/h4-9,13H,10,19H2,1-3H3. The molecular weight excluding hydrogens is 253 g/mol. The summed E-state index contributed by atoms with van der Waals surface area (Å²) < 4.78 is 19.5. The van der Waals surface area contributed by atoms with Crippen molar-refractivity contribution in [2.24, 2.45) is 5.73 Å². The van der Waals surface area contributed by atoms with E-state index in [1.165, 1.54) is 11.6 Å². The maximum Gasteiger partial charge on any atom is 0.165 e. The van der Waals surface area contributed by atoms with Crippen LogP contribution in [0.15, 0.2) is 36.4 Å². The van der Waals surface area contributed by atoms with Gasteiger partial charge in [-0.15, -0.1) is 0 Å². The lowest BCUT2D eigenvalue weighted by atomic mass is 10.1. The number of hydrogen-bond acceptors (Lipinski definition) is 2. The highest BCUT2D eigenvalue weighted by Gasteiger charge is 2.08. The second-order valence-corrected chi connectivity index (χ2v) is 5.20. The molecule has 2 aromatic rings. The van der Waals surface area contributed by atoms with Crippen LogP contribution in [-0.2, 0) is 6.61 Å². The van der Waals surface area contributed by atoms with Gasteiger partial charge in [0.1, 0.15) is 6.61 Å². The minimum Gasteiger partial charge on any atom is -0.486 e. The largest absolute Gasteiger partial charge is 0.486 e. The molecule has 0 spiro atoms. The fourth-order valence-electron chi connectivity index (χ4n) is 2.03. The highest BCUT2D eigenvalue weighted by Crippen LogP contribution is 2.22. The van der Waals surface area contributed by atoms with Gasteiger partial charge in [0.25, 0.3) is 0 Å². The number of halogens is 1. The third kappa shape index (κ3) is 3.36. The highest BCUT2D eigenvalue weighted by molar-refractivity contribution is 5.33. The number of benzene rings is 2. The molecule has 0 aliphatic rings. The normalized spacial score (nSPS) is 12.2. The Balaban J connectivity index is 2.13. The number of rotatable bonds is 4. The monoisotopic (exact) mass is 273 g/mol. The van der Waals surface area contributed by atoms with E-state index in [-0.39, 0.29) is 17.6 Å². The van der Waals surface area contributed by atoms with Gasteiger partial charge in [0, 0.05) is 6.04 Å². The van der Waals surface area contributed by atoms with Crippen LogP contribution >= 0.6 is 0 Å². The molecule has 0 heterocycles. The molecule has 0 bridgehead atoms. The zero-order chi connectivity index (χ0) is 14.7. The number of hydrogen-bond donors (Lipinski definition) is 1. The molecule has 0 saturated heterocycles. The van der Waals surface area contributed by atoms with Crippen LogP contribution in [0.1, 0.15) is 35.2 Å². The Kier molecular flexibility index (Phi) is 4.40. The maximum atomic E-state index is 13.9. The average molecular weight is 273 g/mol. The third-order valence-electron chi connectivity index (χ3n) is 3.37. The topological polar surface area (TPSA) is 35.2 Å². The van der Waals surface area contributed by atoms with E-state index in [0.717, 1.165) is 16.7 Å². The fourth-order valence-corrected chi connectivity index (χ4v) is 2.03. The summed E-state index contributed by atoms with van der Waals surface area (Å²) in [6.45, 7) is 6.24. The quantitative estimate of drug-likeness (QED) is 0.912. The molecule has 106 valence electrons. The van der Waals surface area contributed by atoms with Gasteiger partial charge in [-0.05, 0) is 49.6 Å². The van der Waals surface area contributed by atoms with E-state index in [1.54, 1.807) is 12.1 Å². The summed E-state index contributed by atoms with van der Waals surface area (Å²) in [5, 5.41) is 0. The zero-order valence-electron chi connectivity index (χ0n) is 12.1. The first kappa shape index (κ1) is 14.5. The Morgan fingerprint density at radius 3 is 2.55 bits per heavy atom. The van der Waals surface area contributed by atoms with Crippen molar-refractivity contribution in [3.63, 3.8) is 0 Å². The molecule has 0 aliphatic heterocycles. The SMILES string of the molecule is Cc1ccc(C)c(COc2ccc(C(C)N)cc2F)c1. The van der Waals surface area contributed by atoms with Gasteiger partial charge in [-0.1, -0.05) is 29.8 Å². The lowest BCUT2D eigenvalue weighted by Gasteiger charge is -2.12. The minimum absolute atomic E-state index is 0.183. The van der Waals surface area contributed by atoms with Gasteiger partial charge in [0.05, 0.1) is 0 Å². The van der Waals surface area contributed by atoms with Crippen LogP contribution in [-0.4, -0.2) is 0 Å². The molecule has 2 N–H and O–H groups in total.